The lowest BCUT2D eigenvalue weighted by Gasteiger charge is -2.25. The molecule has 2 atom stereocenters. The van der Waals surface area contributed by atoms with E-state index in [1.165, 1.54) is 13.8 Å². The van der Waals surface area contributed by atoms with Gasteiger partial charge in [0, 0.05) is 35.4 Å². The van der Waals surface area contributed by atoms with Crippen LogP contribution in [-0.2, 0) is 74.9 Å². The quantitative estimate of drug-likeness (QED) is 0.0262. The summed E-state index contributed by atoms with van der Waals surface area (Å²) in [7, 11) is -13.9. The van der Waals surface area contributed by atoms with E-state index < -0.39 is 181 Å². The smallest absolute Gasteiger partial charge is 0.443 e. The third-order valence-corrected chi connectivity index (χ3v) is 15.7. The van der Waals surface area contributed by atoms with Crippen LogP contribution in [0.15, 0.2) is 42.5 Å². The number of hydrogen-bond acceptors (Lipinski definition) is 12. The van der Waals surface area contributed by atoms with E-state index in [0.29, 0.717) is 12.3 Å². The lowest BCUT2D eigenvalue weighted by molar-refractivity contribution is -0.155. The number of sulfone groups is 1. The average Bonchev–Trinajstić information content (AvgIpc) is 3.90. The summed E-state index contributed by atoms with van der Waals surface area (Å²) in [6, 6.07) is 4.53. The number of phosphoric acid groups is 1. The van der Waals surface area contributed by atoms with Crippen LogP contribution in [-0.4, -0.2) is 99.8 Å². The molecule has 420 valence electrons. The van der Waals surface area contributed by atoms with Crippen molar-refractivity contribution >= 4 is 67.9 Å². The minimum atomic E-state index is -5.27. The molecule has 32 heteroatoms. The summed E-state index contributed by atoms with van der Waals surface area (Å²) >= 11 is 6.65. The number of rotatable bonds is 17. The van der Waals surface area contributed by atoms with Crippen molar-refractivity contribution < 1.29 is 93.9 Å². The van der Waals surface area contributed by atoms with E-state index in [1.807, 2.05) is 0 Å². The summed E-state index contributed by atoms with van der Waals surface area (Å²) in [6.07, 6.45) is -10.9. The largest absolute Gasteiger partial charge is 0.469 e. The van der Waals surface area contributed by atoms with E-state index in [-0.39, 0.29) is 30.5 Å². The molecule has 0 fully saturated rings. The van der Waals surface area contributed by atoms with Gasteiger partial charge in [0.2, 0.25) is 15.9 Å². The summed E-state index contributed by atoms with van der Waals surface area (Å²) in [5.41, 5.74) is -8.24. The van der Waals surface area contributed by atoms with Crippen LogP contribution in [0.2, 0.25) is 5.02 Å². The van der Waals surface area contributed by atoms with Gasteiger partial charge < -0.3 is 19.8 Å². The van der Waals surface area contributed by atoms with Crippen molar-refractivity contribution in [2.45, 2.75) is 95.5 Å². The Morgan fingerprint density at radius 3 is 2.13 bits per heavy atom. The second-order valence-electron chi connectivity index (χ2n) is 19.1. The van der Waals surface area contributed by atoms with Gasteiger partial charge in [0.05, 0.1) is 45.9 Å². The SMILES string of the molecule is C[C@H]1CC(F)(F)c2c1c(C(F)(F)F)nn2CC(=O)N[C@@H](Cc1cc(F)cc(F)c1)c1nc(C#CC(C)(C)S(C)(=O)=O)ccc1-c1ccc(Cl)c2c(N(COC(=O)C(C)(C)COP(=O)(O)O)S(C)(=O)=O)nn(CC(F)(F)F)c12. The Kier molecular flexibility index (Phi) is 16.5. The number of anilines is 1. The normalized spacial score (nSPS) is 15.7. The first-order chi connectivity index (χ1) is 35.0. The molecule has 0 radical (unpaired) electrons. The molecule has 0 aliphatic heterocycles. The van der Waals surface area contributed by atoms with Crippen LogP contribution in [0.25, 0.3) is 22.0 Å². The Hall–Kier alpha value is -5.83. The third kappa shape index (κ3) is 13.9. The molecular formula is C45H45ClF10N7O11PS2. The standard InChI is InChI=1S/C45H45ClF10N7O11PS2/c1-23-18-43(49,50)38-33(23)37(45(54,55)56)59-61(38)19-32(64)58-31(16-24-14-25(47)17-26(48)15-24)35-28(9-8-27(57-35)12-13-42(4,5)76(6,69)70)29-10-11-30(46)34-36(29)62(20-44(51,52)53)60-39(34)63(77(7,71)72)22-73-40(65)41(2,3)21-74-75(66,67)68/h8-11,14-15,17,23,31H,16,18-22H2,1-7H3,(H,58,64)(H2,66,67,68)/t23-,31-/m0/s1. The number of phosphoric ester groups is 1. The summed E-state index contributed by atoms with van der Waals surface area (Å²) in [5, 5.41) is 8.59. The van der Waals surface area contributed by atoms with Gasteiger partial charge in [-0.2, -0.15) is 45.3 Å². The first-order valence-electron chi connectivity index (χ1n) is 22.1. The van der Waals surface area contributed by atoms with Gasteiger partial charge in [-0.3, -0.25) is 23.5 Å². The maximum absolute atomic E-state index is 15.4. The maximum Gasteiger partial charge on any atom is 0.469 e. The van der Waals surface area contributed by atoms with Crippen LogP contribution in [0.1, 0.15) is 86.9 Å². The van der Waals surface area contributed by atoms with Crippen molar-refractivity contribution in [2.24, 2.45) is 5.41 Å². The number of fused-ring (bicyclic) bond motifs is 2. The zero-order valence-corrected chi connectivity index (χ0v) is 44.4. The van der Waals surface area contributed by atoms with Crippen molar-refractivity contribution in [3.63, 3.8) is 0 Å². The Morgan fingerprint density at radius 2 is 1.57 bits per heavy atom. The van der Waals surface area contributed by atoms with Gasteiger partial charge in [-0.15, -0.1) is 0 Å². The predicted molar refractivity (Wildman–Crippen MR) is 255 cm³/mol. The van der Waals surface area contributed by atoms with Gasteiger partial charge in [0.15, 0.2) is 28.1 Å². The number of carbonyl (C=O) groups is 2. The van der Waals surface area contributed by atoms with Crippen molar-refractivity contribution in [2.75, 3.05) is 30.2 Å². The summed E-state index contributed by atoms with van der Waals surface area (Å²) < 4.78 is 219. The molecule has 1 aliphatic rings. The number of ether oxygens (including phenoxy) is 1. The number of hydrogen-bond donors (Lipinski definition) is 3. The molecule has 1 amide bonds. The molecule has 0 saturated heterocycles. The van der Waals surface area contributed by atoms with Crippen molar-refractivity contribution in [1.82, 2.24) is 29.9 Å². The first kappa shape index (κ1) is 60.4. The molecule has 3 heterocycles. The van der Waals surface area contributed by atoms with Gasteiger partial charge in [-0.25, -0.2) is 39.5 Å². The number of halogens is 11. The molecule has 77 heavy (non-hydrogen) atoms. The number of aromatic nitrogens is 5. The molecule has 0 saturated carbocycles. The average molecular weight is 1180 g/mol. The van der Waals surface area contributed by atoms with Gasteiger partial charge in [-0.1, -0.05) is 30.5 Å². The van der Waals surface area contributed by atoms with E-state index in [0.717, 1.165) is 63.4 Å². The fraction of sp³-hybridized carbons (Fsp3) is 0.444. The molecule has 0 unspecified atom stereocenters. The van der Waals surface area contributed by atoms with Gasteiger partial charge in [-0.05, 0) is 81.8 Å². The van der Waals surface area contributed by atoms with Crippen LogP contribution < -0.4 is 9.62 Å². The molecule has 18 nitrogen and oxygen atoms in total. The van der Waals surface area contributed by atoms with Crippen LogP contribution in [0.3, 0.4) is 0 Å². The number of alkyl halides is 8. The van der Waals surface area contributed by atoms with Gasteiger partial charge in [0.1, 0.15) is 40.9 Å². The van der Waals surface area contributed by atoms with Crippen LogP contribution in [0.5, 0.6) is 0 Å². The van der Waals surface area contributed by atoms with Crippen molar-refractivity contribution in [3.8, 4) is 23.0 Å². The highest BCUT2D eigenvalue weighted by molar-refractivity contribution is 7.92. The Bertz CT molecular complexity index is 3500. The summed E-state index contributed by atoms with van der Waals surface area (Å²) in [6.45, 7) is 0.0102. The molecule has 3 N–H and O–H groups in total. The number of sulfonamides is 1. The Morgan fingerprint density at radius 1 is 0.961 bits per heavy atom. The highest BCUT2D eigenvalue weighted by atomic mass is 35.5. The highest BCUT2D eigenvalue weighted by Crippen LogP contribution is 2.52. The molecule has 6 rings (SSSR count). The molecule has 1 aliphatic carbocycles. The van der Waals surface area contributed by atoms with E-state index >= 15 is 8.78 Å². The number of nitrogens with one attached hydrogen (secondary N) is 1. The molecule has 3 aromatic heterocycles. The molecule has 0 spiro atoms. The fourth-order valence-corrected chi connectivity index (χ4v) is 9.66. The second kappa shape index (κ2) is 21.1. The topological polar surface area (TPSA) is 242 Å². The molecule has 5 aromatic rings. The Labute approximate surface area is 437 Å². The zero-order valence-electron chi connectivity index (χ0n) is 41.1. The second-order valence-corrected chi connectivity index (χ2v) is 25.2. The van der Waals surface area contributed by atoms with Crippen molar-refractivity contribution in [3.05, 3.63) is 93.0 Å². The van der Waals surface area contributed by atoms with E-state index in [4.69, 9.17) is 26.1 Å². The monoisotopic (exact) mass is 1180 g/mol. The predicted octanol–water partition coefficient (Wildman–Crippen LogP) is 8.08. The highest BCUT2D eigenvalue weighted by Gasteiger charge is 2.53. The lowest BCUT2D eigenvalue weighted by Crippen LogP contribution is -2.38. The van der Waals surface area contributed by atoms with Gasteiger partial charge in [0.25, 0.3) is 5.92 Å². The van der Waals surface area contributed by atoms with E-state index in [9.17, 15) is 66.1 Å². The summed E-state index contributed by atoms with van der Waals surface area (Å²) in [4.78, 5) is 50.2. The number of esters is 1. The van der Waals surface area contributed by atoms with E-state index in [2.05, 4.69) is 36.9 Å². The van der Waals surface area contributed by atoms with E-state index in [1.54, 1.807) is 0 Å². The number of amides is 1. The molecule has 0 bridgehead atoms. The first-order valence-corrected chi connectivity index (χ1v) is 27.8. The summed E-state index contributed by atoms with van der Waals surface area (Å²) in [5.74, 6) is -6.24. The third-order valence-electron chi connectivity index (χ3n) is 11.9. The molecular weight excluding hydrogens is 1140 g/mol. The van der Waals surface area contributed by atoms with Crippen LogP contribution >= 0.6 is 19.4 Å². The van der Waals surface area contributed by atoms with Gasteiger partial charge >= 0.3 is 26.1 Å². The minimum Gasteiger partial charge on any atom is -0.443 e. The zero-order chi connectivity index (χ0) is 58.0. The minimum absolute atomic E-state index is 0.140. The fourth-order valence-electron chi connectivity index (χ4n) is 8.01. The number of pyridine rings is 1. The number of carbonyl (C=O) groups excluding carboxylic acids is 2. The van der Waals surface area contributed by atoms with Crippen molar-refractivity contribution in [1.29, 1.82) is 0 Å². The molecule has 2 aromatic carbocycles. The number of benzene rings is 2. The lowest BCUT2D eigenvalue weighted by atomic mass is 9.93. The Balaban J connectivity index is 1.62. The van der Waals surface area contributed by atoms with Crippen LogP contribution in [0, 0.1) is 28.9 Å². The maximum atomic E-state index is 15.4. The van der Waals surface area contributed by atoms with Crippen LogP contribution in [0.4, 0.5) is 49.7 Å². The number of nitrogens with zero attached hydrogens (tertiary/aromatic N) is 6.